The standard InChI is InChI=1S/C18H15F2N/c1-21-18(15-9-16(19)11-17(20)10-15)14-7-6-12-4-2-3-5-13(12)8-14/h2-11,18,21H,1H3. The maximum Gasteiger partial charge on any atom is 0.126 e. The second-order valence-corrected chi connectivity index (χ2v) is 5.03. The summed E-state index contributed by atoms with van der Waals surface area (Å²) in [5.41, 5.74) is 1.55. The lowest BCUT2D eigenvalue weighted by Crippen LogP contribution is -2.18. The highest BCUT2D eigenvalue weighted by Gasteiger charge is 2.14. The van der Waals surface area contributed by atoms with E-state index in [0.29, 0.717) is 5.56 Å². The molecule has 0 heterocycles. The fraction of sp³-hybridized carbons (Fsp3) is 0.111. The number of hydrogen-bond donors (Lipinski definition) is 1. The number of benzene rings is 3. The molecule has 0 radical (unpaired) electrons. The van der Waals surface area contributed by atoms with E-state index in [1.165, 1.54) is 12.1 Å². The molecule has 1 N–H and O–H groups in total. The van der Waals surface area contributed by atoms with Crippen LogP contribution in [0.3, 0.4) is 0 Å². The molecule has 3 aromatic rings. The molecule has 0 amide bonds. The maximum absolute atomic E-state index is 13.4. The number of rotatable bonds is 3. The molecule has 1 atom stereocenters. The molecule has 0 spiro atoms. The van der Waals surface area contributed by atoms with Crippen molar-refractivity contribution in [1.29, 1.82) is 0 Å². The van der Waals surface area contributed by atoms with Crippen LogP contribution in [-0.4, -0.2) is 7.05 Å². The first kappa shape index (κ1) is 13.7. The average Bonchev–Trinajstić information content (AvgIpc) is 2.47. The molecule has 0 saturated carbocycles. The highest BCUT2D eigenvalue weighted by Crippen LogP contribution is 2.26. The lowest BCUT2D eigenvalue weighted by atomic mass is 9.96. The molecule has 1 nitrogen and oxygen atoms in total. The van der Waals surface area contributed by atoms with E-state index in [1.807, 2.05) is 42.5 Å². The van der Waals surface area contributed by atoms with Crippen LogP contribution < -0.4 is 5.32 Å². The van der Waals surface area contributed by atoms with Crippen molar-refractivity contribution >= 4 is 10.8 Å². The summed E-state index contributed by atoms with van der Waals surface area (Å²) in [5.74, 6) is -1.13. The van der Waals surface area contributed by atoms with Crippen LogP contribution in [0.1, 0.15) is 17.2 Å². The first-order valence-electron chi connectivity index (χ1n) is 6.79. The van der Waals surface area contributed by atoms with Crippen molar-refractivity contribution in [2.75, 3.05) is 7.05 Å². The zero-order valence-electron chi connectivity index (χ0n) is 11.6. The lowest BCUT2D eigenvalue weighted by molar-refractivity contribution is 0.572. The smallest absolute Gasteiger partial charge is 0.126 e. The van der Waals surface area contributed by atoms with E-state index in [9.17, 15) is 8.78 Å². The molecule has 3 rings (SSSR count). The Hall–Kier alpha value is -2.26. The first-order valence-corrected chi connectivity index (χ1v) is 6.79. The van der Waals surface area contributed by atoms with Crippen molar-refractivity contribution in [1.82, 2.24) is 5.32 Å². The quantitative estimate of drug-likeness (QED) is 0.750. The number of halogens is 2. The molecular weight excluding hydrogens is 268 g/mol. The van der Waals surface area contributed by atoms with E-state index in [4.69, 9.17) is 0 Å². The number of hydrogen-bond acceptors (Lipinski definition) is 1. The van der Waals surface area contributed by atoms with E-state index in [1.54, 1.807) is 7.05 Å². The highest BCUT2D eigenvalue weighted by atomic mass is 19.1. The van der Waals surface area contributed by atoms with Gasteiger partial charge in [0.15, 0.2) is 0 Å². The van der Waals surface area contributed by atoms with Crippen LogP contribution in [0.4, 0.5) is 8.78 Å². The van der Waals surface area contributed by atoms with Gasteiger partial charge in [-0.3, -0.25) is 0 Å². The molecule has 106 valence electrons. The molecule has 0 bridgehead atoms. The third-order valence-corrected chi connectivity index (χ3v) is 3.61. The summed E-state index contributed by atoms with van der Waals surface area (Å²) in [7, 11) is 1.78. The van der Waals surface area contributed by atoms with Gasteiger partial charge in [0.05, 0.1) is 6.04 Å². The second-order valence-electron chi connectivity index (χ2n) is 5.03. The Bertz CT molecular complexity index is 763. The minimum atomic E-state index is -0.564. The maximum atomic E-state index is 13.4. The van der Waals surface area contributed by atoms with E-state index in [0.717, 1.165) is 22.4 Å². The molecule has 0 fully saturated rings. The monoisotopic (exact) mass is 283 g/mol. The Morgan fingerprint density at radius 1 is 0.762 bits per heavy atom. The predicted octanol–water partition coefficient (Wildman–Crippen LogP) is 4.43. The second kappa shape index (κ2) is 5.62. The summed E-state index contributed by atoms with van der Waals surface area (Å²) >= 11 is 0. The van der Waals surface area contributed by atoms with Crippen LogP contribution in [-0.2, 0) is 0 Å². The normalized spacial score (nSPS) is 12.5. The van der Waals surface area contributed by atoms with E-state index < -0.39 is 11.6 Å². The topological polar surface area (TPSA) is 12.0 Å². The molecule has 0 aliphatic rings. The molecule has 21 heavy (non-hydrogen) atoms. The Labute approximate surface area is 122 Å². The molecule has 0 aliphatic heterocycles. The summed E-state index contributed by atoms with van der Waals surface area (Å²) in [6.45, 7) is 0. The zero-order valence-corrected chi connectivity index (χ0v) is 11.6. The Kier molecular flexibility index (Phi) is 3.67. The molecule has 0 aromatic heterocycles. The number of nitrogens with one attached hydrogen (secondary N) is 1. The molecule has 1 unspecified atom stereocenters. The molecule has 0 aliphatic carbocycles. The highest BCUT2D eigenvalue weighted by molar-refractivity contribution is 5.83. The lowest BCUT2D eigenvalue weighted by Gasteiger charge is -2.18. The van der Waals surface area contributed by atoms with Gasteiger partial charge in [-0.25, -0.2) is 8.78 Å². The van der Waals surface area contributed by atoms with Crippen LogP contribution >= 0.6 is 0 Å². The molecule has 3 heteroatoms. The molecular formula is C18H15F2N. The summed E-state index contributed by atoms with van der Waals surface area (Å²) in [6, 6.07) is 17.4. The van der Waals surface area contributed by atoms with E-state index >= 15 is 0 Å². The Balaban J connectivity index is 2.08. The van der Waals surface area contributed by atoms with Gasteiger partial charge in [0.2, 0.25) is 0 Å². The average molecular weight is 283 g/mol. The van der Waals surface area contributed by atoms with Gasteiger partial charge in [-0.2, -0.15) is 0 Å². The van der Waals surface area contributed by atoms with Crippen LogP contribution in [0.5, 0.6) is 0 Å². The van der Waals surface area contributed by atoms with Gasteiger partial charge in [0.25, 0.3) is 0 Å². The van der Waals surface area contributed by atoms with E-state index in [-0.39, 0.29) is 6.04 Å². The van der Waals surface area contributed by atoms with Gasteiger partial charge in [-0.1, -0.05) is 36.4 Å². The first-order chi connectivity index (χ1) is 10.2. The van der Waals surface area contributed by atoms with Gasteiger partial charge in [0.1, 0.15) is 11.6 Å². The minimum Gasteiger partial charge on any atom is -0.309 e. The zero-order chi connectivity index (χ0) is 14.8. The van der Waals surface area contributed by atoms with Gasteiger partial charge in [-0.15, -0.1) is 0 Å². The van der Waals surface area contributed by atoms with Crippen LogP contribution in [0.25, 0.3) is 10.8 Å². The van der Waals surface area contributed by atoms with Crippen molar-refractivity contribution in [2.24, 2.45) is 0 Å². The van der Waals surface area contributed by atoms with Crippen molar-refractivity contribution in [3.05, 3.63) is 83.4 Å². The number of fused-ring (bicyclic) bond motifs is 1. The van der Waals surface area contributed by atoms with Gasteiger partial charge < -0.3 is 5.32 Å². The van der Waals surface area contributed by atoms with Crippen molar-refractivity contribution in [2.45, 2.75) is 6.04 Å². The Morgan fingerprint density at radius 3 is 2.10 bits per heavy atom. The van der Waals surface area contributed by atoms with Crippen LogP contribution in [0, 0.1) is 11.6 Å². The minimum absolute atomic E-state index is 0.250. The third kappa shape index (κ3) is 2.78. The van der Waals surface area contributed by atoms with E-state index in [2.05, 4.69) is 5.32 Å². The summed E-state index contributed by atoms with van der Waals surface area (Å²) in [4.78, 5) is 0. The van der Waals surface area contributed by atoms with Gasteiger partial charge in [-0.05, 0) is 47.1 Å². The SMILES string of the molecule is CNC(c1cc(F)cc(F)c1)c1ccc2ccccc2c1. The summed E-state index contributed by atoms with van der Waals surface area (Å²) in [6.07, 6.45) is 0. The summed E-state index contributed by atoms with van der Waals surface area (Å²) in [5, 5.41) is 5.36. The van der Waals surface area contributed by atoms with Crippen LogP contribution in [0.2, 0.25) is 0 Å². The molecule has 0 saturated heterocycles. The summed E-state index contributed by atoms with van der Waals surface area (Å²) < 4.78 is 26.9. The third-order valence-electron chi connectivity index (χ3n) is 3.61. The van der Waals surface area contributed by atoms with Gasteiger partial charge >= 0.3 is 0 Å². The van der Waals surface area contributed by atoms with Crippen molar-refractivity contribution in [3.63, 3.8) is 0 Å². The fourth-order valence-electron chi connectivity index (χ4n) is 2.65. The predicted molar refractivity (Wildman–Crippen MR) is 81.2 cm³/mol. The largest absolute Gasteiger partial charge is 0.309 e. The van der Waals surface area contributed by atoms with Crippen molar-refractivity contribution in [3.8, 4) is 0 Å². The van der Waals surface area contributed by atoms with Crippen molar-refractivity contribution < 1.29 is 8.78 Å². The Morgan fingerprint density at radius 2 is 1.43 bits per heavy atom. The fourth-order valence-corrected chi connectivity index (χ4v) is 2.65. The molecule has 3 aromatic carbocycles. The van der Waals surface area contributed by atoms with Crippen LogP contribution in [0.15, 0.2) is 60.7 Å². The van der Waals surface area contributed by atoms with Gasteiger partial charge in [0, 0.05) is 6.07 Å².